The number of rotatable bonds is 3. The van der Waals surface area contributed by atoms with Crippen molar-refractivity contribution in [3.05, 3.63) is 64.1 Å². The minimum absolute atomic E-state index is 0.0723. The van der Waals surface area contributed by atoms with Gasteiger partial charge in [-0.05, 0) is 24.0 Å². The summed E-state index contributed by atoms with van der Waals surface area (Å²) < 4.78 is 16.6. The van der Waals surface area contributed by atoms with Crippen molar-refractivity contribution in [2.45, 2.75) is 18.4 Å². The van der Waals surface area contributed by atoms with Crippen molar-refractivity contribution in [3.63, 3.8) is 0 Å². The summed E-state index contributed by atoms with van der Waals surface area (Å²) in [6, 6.07) is 10.1. The number of allylic oxidation sites excluding steroid dienone is 1. The molecule has 1 heterocycles. The predicted molar refractivity (Wildman–Crippen MR) is 85.4 cm³/mol. The van der Waals surface area contributed by atoms with Crippen LogP contribution in [-0.4, -0.2) is 32.2 Å². The van der Waals surface area contributed by atoms with Crippen molar-refractivity contribution >= 4 is 11.9 Å². The monoisotopic (exact) mass is 310 g/mol. The molecule has 1 saturated heterocycles. The highest BCUT2D eigenvalue weighted by molar-refractivity contribution is 6.11. The van der Waals surface area contributed by atoms with Crippen molar-refractivity contribution < 1.29 is 19.0 Å². The zero-order valence-electron chi connectivity index (χ0n) is 13.2. The van der Waals surface area contributed by atoms with Gasteiger partial charge in [-0.1, -0.05) is 36.4 Å². The Balaban J connectivity index is 1.83. The van der Waals surface area contributed by atoms with Crippen LogP contribution in [-0.2, 0) is 19.0 Å². The third kappa shape index (κ3) is 1.98. The van der Waals surface area contributed by atoms with E-state index < -0.39 is 5.60 Å². The van der Waals surface area contributed by atoms with Gasteiger partial charge in [-0.25, -0.2) is 0 Å². The third-order valence-corrected chi connectivity index (χ3v) is 4.71. The second kappa shape index (κ2) is 5.10. The van der Waals surface area contributed by atoms with Gasteiger partial charge in [0.15, 0.2) is 11.4 Å². The van der Waals surface area contributed by atoms with Crippen LogP contribution in [0.3, 0.4) is 0 Å². The number of epoxide rings is 1. The minimum atomic E-state index is -0.625. The zero-order chi connectivity index (χ0) is 16.0. The summed E-state index contributed by atoms with van der Waals surface area (Å²) in [5.41, 5.74) is 3.45. The van der Waals surface area contributed by atoms with E-state index in [0.29, 0.717) is 12.4 Å². The summed E-state index contributed by atoms with van der Waals surface area (Å²) in [5, 5.41) is 0. The molecule has 0 bridgehead atoms. The van der Waals surface area contributed by atoms with E-state index in [0.717, 1.165) is 35.1 Å². The highest BCUT2D eigenvalue weighted by Gasteiger charge is 2.61. The van der Waals surface area contributed by atoms with Gasteiger partial charge in [-0.3, -0.25) is 4.79 Å². The summed E-state index contributed by atoms with van der Waals surface area (Å²) in [6.45, 7) is 0.529. The molecule has 4 rings (SSSR count). The Labute approximate surface area is 135 Å². The molecular formula is C19H18O4. The molecule has 0 radical (unpaired) electrons. The van der Waals surface area contributed by atoms with Crippen molar-refractivity contribution in [2.24, 2.45) is 0 Å². The number of benzene rings is 1. The lowest BCUT2D eigenvalue weighted by Gasteiger charge is -2.26. The van der Waals surface area contributed by atoms with Gasteiger partial charge in [0.1, 0.15) is 0 Å². The lowest BCUT2D eigenvalue weighted by molar-refractivity contribution is -0.116. The summed E-state index contributed by atoms with van der Waals surface area (Å²) in [7, 11) is 3.07. The lowest BCUT2D eigenvalue weighted by atomic mass is 9.84. The number of ketones is 1. The van der Waals surface area contributed by atoms with E-state index in [1.54, 1.807) is 7.11 Å². The molecular weight excluding hydrogens is 292 g/mol. The molecule has 3 aliphatic rings. The Kier molecular flexibility index (Phi) is 3.16. The number of Topliss-reactive ketones (excluding diaryl/α,β-unsaturated/α-hetero) is 1. The van der Waals surface area contributed by atoms with Crippen LogP contribution in [0.2, 0.25) is 0 Å². The quantitative estimate of drug-likeness (QED) is 0.805. The molecule has 1 aromatic carbocycles. The predicted octanol–water partition coefficient (Wildman–Crippen LogP) is 3.02. The van der Waals surface area contributed by atoms with Crippen molar-refractivity contribution in [3.8, 4) is 0 Å². The highest BCUT2D eigenvalue weighted by atomic mass is 16.6. The van der Waals surface area contributed by atoms with E-state index >= 15 is 0 Å². The number of carbonyl (C=O) groups excluding carboxylic acids is 1. The van der Waals surface area contributed by atoms with Gasteiger partial charge in [-0.15, -0.1) is 0 Å². The molecule has 1 unspecified atom stereocenters. The van der Waals surface area contributed by atoms with E-state index in [-0.39, 0.29) is 11.5 Å². The maximum Gasteiger partial charge on any atom is 0.227 e. The fraction of sp³-hybridized carbons (Fsp3) is 0.316. The first-order valence-corrected chi connectivity index (χ1v) is 7.72. The van der Waals surface area contributed by atoms with Crippen LogP contribution in [0.1, 0.15) is 18.4 Å². The normalized spacial score (nSPS) is 27.7. The molecule has 0 N–H and O–H groups in total. The van der Waals surface area contributed by atoms with E-state index in [1.165, 1.54) is 7.11 Å². The van der Waals surface area contributed by atoms with E-state index in [4.69, 9.17) is 14.2 Å². The Morgan fingerprint density at radius 1 is 1.13 bits per heavy atom. The maximum absolute atomic E-state index is 12.7. The van der Waals surface area contributed by atoms with Crippen molar-refractivity contribution in [1.29, 1.82) is 0 Å². The number of carbonyl (C=O) groups is 1. The molecule has 1 fully saturated rings. The van der Waals surface area contributed by atoms with Gasteiger partial charge in [0.25, 0.3) is 0 Å². The third-order valence-electron chi connectivity index (χ3n) is 4.71. The average molecular weight is 310 g/mol. The molecule has 4 nitrogen and oxygen atoms in total. The number of hydrogen-bond donors (Lipinski definition) is 0. The molecule has 1 atom stereocenters. The summed E-state index contributed by atoms with van der Waals surface area (Å²) in [4.78, 5) is 12.7. The minimum Gasteiger partial charge on any atom is -0.494 e. The van der Waals surface area contributed by atoms with Gasteiger partial charge >= 0.3 is 0 Å². The van der Waals surface area contributed by atoms with Crippen LogP contribution >= 0.6 is 0 Å². The van der Waals surface area contributed by atoms with Crippen molar-refractivity contribution in [2.75, 3.05) is 20.8 Å². The lowest BCUT2D eigenvalue weighted by Crippen LogP contribution is -2.31. The zero-order valence-corrected chi connectivity index (χ0v) is 13.2. The van der Waals surface area contributed by atoms with Crippen molar-refractivity contribution in [1.82, 2.24) is 0 Å². The SMILES string of the molecule is COC1=C(OC)C2(CO2)C2=C(CC/C2=C\c2ccccc2)C1=O. The van der Waals surface area contributed by atoms with Gasteiger partial charge in [0, 0.05) is 11.1 Å². The molecule has 1 aromatic rings. The van der Waals surface area contributed by atoms with Crippen LogP contribution in [0.4, 0.5) is 0 Å². The maximum atomic E-state index is 12.7. The molecule has 1 spiro atoms. The van der Waals surface area contributed by atoms with Crippen LogP contribution < -0.4 is 0 Å². The second-order valence-corrected chi connectivity index (χ2v) is 5.95. The van der Waals surface area contributed by atoms with Crippen LogP contribution in [0.25, 0.3) is 6.08 Å². The summed E-state index contributed by atoms with van der Waals surface area (Å²) in [5.74, 6) is 0.714. The van der Waals surface area contributed by atoms with Gasteiger partial charge in [-0.2, -0.15) is 0 Å². The van der Waals surface area contributed by atoms with E-state index in [1.807, 2.05) is 18.2 Å². The smallest absolute Gasteiger partial charge is 0.227 e. The summed E-state index contributed by atoms with van der Waals surface area (Å²) in [6.07, 6.45) is 3.70. The Morgan fingerprint density at radius 2 is 1.87 bits per heavy atom. The fourth-order valence-electron chi connectivity index (χ4n) is 3.66. The Hall–Kier alpha value is -2.33. The van der Waals surface area contributed by atoms with E-state index in [9.17, 15) is 4.79 Å². The molecule has 2 aliphatic carbocycles. The Bertz CT molecular complexity index is 764. The average Bonchev–Trinajstić information content (AvgIpc) is 3.24. The van der Waals surface area contributed by atoms with Gasteiger partial charge in [0.2, 0.25) is 11.5 Å². The molecule has 0 amide bonds. The first-order valence-electron chi connectivity index (χ1n) is 7.72. The Morgan fingerprint density at radius 3 is 2.48 bits per heavy atom. The van der Waals surface area contributed by atoms with E-state index in [2.05, 4.69) is 18.2 Å². The summed E-state index contributed by atoms with van der Waals surface area (Å²) >= 11 is 0. The molecule has 4 heteroatoms. The van der Waals surface area contributed by atoms with Crippen LogP contribution in [0.15, 0.2) is 58.6 Å². The van der Waals surface area contributed by atoms with Gasteiger partial charge < -0.3 is 14.2 Å². The number of methoxy groups -OCH3 is 2. The van der Waals surface area contributed by atoms with Crippen LogP contribution in [0.5, 0.6) is 0 Å². The molecule has 0 aromatic heterocycles. The standard InChI is InChI=1S/C19H18O4/c1-21-17-16(20)14-9-8-13(10-12-6-4-3-5-7-12)15(14)19(11-23-19)18(17)22-2/h3-7,10H,8-9,11H2,1-2H3/b13-10+. The van der Waals surface area contributed by atoms with Gasteiger partial charge in [0.05, 0.1) is 20.8 Å². The number of fused-ring (bicyclic) bond motifs is 1. The largest absolute Gasteiger partial charge is 0.494 e. The molecule has 1 aliphatic heterocycles. The second-order valence-electron chi connectivity index (χ2n) is 5.95. The molecule has 118 valence electrons. The first-order chi connectivity index (χ1) is 11.2. The molecule has 23 heavy (non-hydrogen) atoms. The topological polar surface area (TPSA) is 48.1 Å². The number of ether oxygens (including phenoxy) is 3. The molecule has 0 saturated carbocycles. The fourth-order valence-corrected chi connectivity index (χ4v) is 3.66. The highest BCUT2D eigenvalue weighted by Crippen LogP contribution is 2.55. The van der Waals surface area contributed by atoms with Crippen LogP contribution in [0, 0.1) is 0 Å². The first kappa shape index (κ1) is 14.3. The number of hydrogen-bond acceptors (Lipinski definition) is 4.